The van der Waals surface area contributed by atoms with E-state index >= 15 is 0 Å². The van der Waals surface area contributed by atoms with Crippen molar-refractivity contribution in [2.45, 2.75) is 38.3 Å². The first-order valence-electron chi connectivity index (χ1n) is 14.0. The van der Waals surface area contributed by atoms with Crippen LogP contribution >= 0.6 is 0 Å². The number of aromatic nitrogens is 3. The van der Waals surface area contributed by atoms with Crippen LogP contribution in [-0.4, -0.2) is 58.2 Å². The molecule has 4 heterocycles. The Morgan fingerprint density at radius 3 is 2.36 bits per heavy atom. The van der Waals surface area contributed by atoms with Gasteiger partial charge in [-0.1, -0.05) is 54.6 Å². The predicted octanol–water partition coefficient (Wildman–Crippen LogP) is 4.77. The van der Waals surface area contributed by atoms with Crippen LogP contribution in [0.4, 0.5) is 17.5 Å². The van der Waals surface area contributed by atoms with Gasteiger partial charge in [-0.05, 0) is 54.8 Å². The zero-order chi connectivity index (χ0) is 26.4. The van der Waals surface area contributed by atoms with E-state index in [1.54, 1.807) is 6.20 Å². The van der Waals surface area contributed by atoms with E-state index in [9.17, 15) is 4.79 Å². The number of piperidine rings is 2. The van der Waals surface area contributed by atoms with Crippen molar-refractivity contribution in [1.82, 2.24) is 25.4 Å². The molecule has 2 N–H and O–H groups in total. The quantitative estimate of drug-likeness (QED) is 0.362. The van der Waals surface area contributed by atoms with Crippen LogP contribution in [0.5, 0.6) is 0 Å². The van der Waals surface area contributed by atoms with Gasteiger partial charge in [-0.3, -0.25) is 9.69 Å². The average molecular weight is 522 g/mol. The lowest BCUT2D eigenvalue weighted by Gasteiger charge is -2.35. The molecule has 0 saturated carbocycles. The Labute approximate surface area is 229 Å². The SMILES string of the molecule is O=C(NC1CCN(Cc2ccccc2)CC1)C1CCN(c2ccc(Nc3nccc4ccccc34)nn2)CC1. The van der Waals surface area contributed by atoms with Crippen LogP contribution in [0.2, 0.25) is 0 Å². The second-order valence-corrected chi connectivity index (χ2v) is 10.6. The maximum atomic E-state index is 13.0. The highest BCUT2D eigenvalue weighted by atomic mass is 16.2. The fourth-order valence-corrected chi connectivity index (χ4v) is 5.67. The van der Waals surface area contributed by atoms with Gasteiger partial charge in [0.1, 0.15) is 5.82 Å². The van der Waals surface area contributed by atoms with Gasteiger partial charge in [-0.25, -0.2) is 4.98 Å². The van der Waals surface area contributed by atoms with Crippen LogP contribution in [0.25, 0.3) is 10.8 Å². The van der Waals surface area contributed by atoms with Gasteiger partial charge in [0, 0.05) is 56.3 Å². The fourth-order valence-electron chi connectivity index (χ4n) is 5.67. The smallest absolute Gasteiger partial charge is 0.223 e. The molecule has 8 nitrogen and oxygen atoms in total. The molecule has 0 aliphatic carbocycles. The van der Waals surface area contributed by atoms with E-state index in [1.807, 2.05) is 36.4 Å². The van der Waals surface area contributed by atoms with E-state index in [0.29, 0.717) is 5.82 Å². The molecule has 200 valence electrons. The summed E-state index contributed by atoms with van der Waals surface area (Å²) in [5, 5.41) is 17.7. The van der Waals surface area contributed by atoms with Crippen molar-refractivity contribution in [3.8, 4) is 0 Å². The van der Waals surface area contributed by atoms with Gasteiger partial charge < -0.3 is 15.5 Å². The number of likely N-dealkylation sites (tertiary alicyclic amines) is 1. The number of nitrogens with one attached hydrogen (secondary N) is 2. The topological polar surface area (TPSA) is 86.3 Å². The average Bonchev–Trinajstić information content (AvgIpc) is 2.99. The lowest BCUT2D eigenvalue weighted by Crippen LogP contribution is -2.48. The molecule has 2 aromatic carbocycles. The summed E-state index contributed by atoms with van der Waals surface area (Å²) in [5.41, 5.74) is 1.35. The van der Waals surface area contributed by atoms with Crippen LogP contribution in [0.3, 0.4) is 0 Å². The third kappa shape index (κ3) is 6.17. The largest absolute Gasteiger partial charge is 0.355 e. The van der Waals surface area contributed by atoms with Gasteiger partial charge in [-0.15, -0.1) is 10.2 Å². The Balaban J connectivity index is 0.960. The highest BCUT2D eigenvalue weighted by Gasteiger charge is 2.28. The van der Waals surface area contributed by atoms with E-state index in [1.165, 1.54) is 5.56 Å². The van der Waals surface area contributed by atoms with Gasteiger partial charge in [0.05, 0.1) is 0 Å². The van der Waals surface area contributed by atoms with E-state index in [2.05, 4.69) is 72.0 Å². The standard InChI is InChI=1S/C31H35N7O/c39-31(33-26-15-18-37(19-16-26)22-23-6-2-1-3-7-23)25-13-20-38(21-14-25)29-11-10-28(35-36-29)34-30-27-9-5-4-8-24(27)12-17-32-30/h1-12,17,25-26H,13-16,18-22H2,(H,33,39)(H,32,34,35). The number of carbonyl (C=O) groups excluding carboxylic acids is 1. The number of pyridine rings is 1. The maximum absolute atomic E-state index is 13.0. The summed E-state index contributed by atoms with van der Waals surface area (Å²) in [7, 11) is 0. The van der Waals surface area contributed by atoms with Gasteiger partial charge in [0.2, 0.25) is 5.91 Å². The molecule has 6 rings (SSSR count). The molecule has 0 radical (unpaired) electrons. The lowest BCUT2D eigenvalue weighted by molar-refractivity contribution is -0.126. The first-order chi connectivity index (χ1) is 19.2. The number of hydrogen-bond acceptors (Lipinski definition) is 7. The molecule has 2 aliphatic heterocycles. The molecule has 4 aromatic rings. The normalized spacial score (nSPS) is 17.3. The first-order valence-corrected chi connectivity index (χ1v) is 14.0. The second-order valence-electron chi connectivity index (χ2n) is 10.6. The Morgan fingerprint density at radius 2 is 1.59 bits per heavy atom. The van der Waals surface area contributed by atoms with Gasteiger partial charge in [0.25, 0.3) is 0 Å². The maximum Gasteiger partial charge on any atom is 0.223 e. The third-order valence-corrected chi connectivity index (χ3v) is 7.94. The number of rotatable bonds is 7. The summed E-state index contributed by atoms with van der Waals surface area (Å²) < 4.78 is 0. The summed E-state index contributed by atoms with van der Waals surface area (Å²) in [6, 6.07) is 24.9. The van der Waals surface area contributed by atoms with Gasteiger partial charge >= 0.3 is 0 Å². The lowest BCUT2D eigenvalue weighted by atomic mass is 9.94. The van der Waals surface area contributed by atoms with Crippen molar-refractivity contribution in [1.29, 1.82) is 0 Å². The Bertz CT molecular complexity index is 1370. The molecule has 8 heteroatoms. The number of carbonyl (C=O) groups is 1. The van der Waals surface area contributed by atoms with Gasteiger partial charge in [0.15, 0.2) is 11.6 Å². The summed E-state index contributed by atoms with van der Waals surface area (Å²) in [6.45, 7) is 4.65. The molecule has 1 amide bonds. The van der Waals surface area contributed by atoms with Crippen molar-refractivity contribution in [2.75, 3.05) is 36.4 Å². The predicted molar refractivity (Wildman–Crippen MR) is 155 cm³/mol. The van der Waals surface area contributed by atoms with Crippen LogP contribution < -0.4 is 15.5 Å². The molecule has 2 saturated heterocycles. The number of hydrogen-bond donors (Lipinski definition) is 2. The molecule has 0 spiro atoms. The molecule has 39 heavy (non-hydrogen) atoms. The minimum atomic E-state index is 0.0648. The Kier molecular flexibility index (Phi) is 7.63. The Morgan fingerprint density at radius 1 is 0.821 bits per heavy atom. The number of amides is 1. The molecule has 0 bridgehead atoms. The Hall–Kier alpha value is -4.04. The summed E-state index contributed by atoms with van der Waals surface area (Å²) in [5.74, 6) is 2.55. The van der Waals surface area contributed by atoms with Crippen LogP contribution in [0.15, 0.2) is 79.0 Å². The van der Waals surface area contributed by atoms with Gasteiger partial charge in [-0.2, -0.15) is 0 Å². The zero-order valence-electron chi connectivity index (χ0n) is 22.2. The molecular formula is C31H35N7O. The van der Waals surface area contributed by atoms with Crippen molar-refractivity contribution in [3.05, 3.63) is 84.6 Å². The molecule has 0 atom stereocenters. The van der Waals surface area contributed by atoms with Crippen LogP contribution in [0, 0.1) is 5.92 Å². The molecule has 0 unspecified atom stereocenters. The molecular weight excluding hydrogens is 486 g/mol. The summed E-state index contributed by atoms with van der Waals surface area (Å²) in [4.78, 5) is 22.2. The monoisotopic (exact) mass is 521 g/mol. The van der Waals surface area contributed by atoms with E-state index < -0.39 is 0 Å². The molecule has 2 aliphatic rings. The highest BCUT2D eigenvalue weighted by Crippen LogP contribution is 2.26. The number of benzene rings is 2. The zero-order valence-corrected chi connectivity index (χ0v) is 22.2. The highest BCUT2D eigenvalue weighted by molar-refractivity contribution is 5.92. The van der Waals surface area contributed by atoms with E-state index in [-0.39, 0.29) is 17.9 Å². The number of nitrogens with zero attached hydrogens (tertiary/aromatic N) is 5. The fraction of sp³-hybridized carbons (Fsp3) is 0.355. The van der Waals surface area contributed by atoms with E-state index in [0.717, 1.165) is 80.8 Å². The number of anilines is 3. The van der Waals surface area contributed by atoms with E-state index in [4.69, 9.17) is 0 Å². The van der Waals surface area contributed by atoms with Crippen molar-refractivity contribution < 1.29 is 4.79 Å². The minimum Gasteiger partial charge on any atom is -0.355 e. The van der Waals surface area contributed by atoms with Crippen molar-refractivity contribution in [3.63, 3.8) is 0 Å². The minimum absolute atomic E-state index is 0.0648. The molecule has 2 aromatic heterocycles. The van der Waals surface area contributed by atoms with Crippen molar-refractivity contribution in [2.24, 2.45) is 5.92 Å². The summed E-state index contributed by atoms with van der Waals surface area (Å²) in [6.07, 6.45) is 5.49. The summed E-state index contributed by atoms with van der Waals surface area (Å²) >= 11 is 0. The van der Waals surface area contributed by atoms with Crippen molar-refractivity contribution >= 4 is 34.1 Å². The number of fused-ring (bicyclic) bond motifs is 1. The molecule has 2 fully saturated rings. The second kappa shape index (κ2) is 11.8. The van der Waals surface area contributed by atoms with Crippen LogP contribution in [0.1, 0.15) is 31.2 Å². The van der Waals surface area contributed by atoms with Crippen LogP contribution in [-0.2, 0) is 11.3 Å². The third-order valence-electron chi connectivity index (χ3n) is 7.94. The first kappa shape index (κ1) is 25.2.